The van der Waals surface area contributed by atoms with Crippen LogP contribution in [0.2, 0.25) is 0 Å². The first-order valence-electron chi connectivity index (χ1n) is 5.53. The highest BCUT2D eigenvalue weighted by atomic mass is 79.9. The lowest BCUT2D eigenvalue weighted by atomic mass is 10.1. The molecule has 0 heterocycles. The van der Waals surface area contributed by atoms with E-state index < -0.39 is 0 Å². The van der Waals surface area contributed by atoms with Crippen LogP contribution in [0.5, 0.6) is 0 Å². The van der Waals surface area contributed by atoms with Crippen molar-refractivity contribution in [1.82, 2.24) is 0 Å². The van der Waals surface area contributed by atoms with Gasteiger partial charge in [0.15, 0.2) is 0 Å². The van der Waals surface area contributed by atoms with Crippen molar-refractivity contribution < 1.29 is 14.3 Å². The van der Waals surface area contributed by atoms with Gasteiger partial charge in [0.1, 0.15) is 6.29 Å². The highest BCUT2D eigenvalue weighted by molar-refractivity contribution is 9.09. The van der Waals surface area contributed by atoms with Crippen molar-refractivity contribution in [2.45, 2.75) is 38.5 Å². The summed E-state index contributed by atoms with van der Waals surface area (Å²) in [5, 5.41) is 0.533. The maximum Gasteiger partial charge on any atom is 0.334 e. The Hall–Kier alpha value is -0.640. The van der Waals surface area contributed by atoms with Crippen LogP contribution in [0.1, 0.15) is 38.5 Å². The summed E-state index contributed by atoms with van der Waals surface area (Å²) < 4.78 is 4.64. The quantitative estimate of drug-likeness (QED) is 0.216. The third-order valence-corrected chi connectivity index (χ3v) is 2.86. The van der Waals surface area contributed by atoms with Crippen molar-refractivity contribution in [1.29, 1.82) is 0 Å². The maximum atomic E-state index is 11.2. The van der Waals surface area contributed by atoms with Gasteiger partial charge in [-0.15, -0.1) is 0 Å². The zero-order chi connectivity index (χ0) is 12.2. The standard InChI is InChI=1S/C12H19BrO3/c1-16-12(15)11(10-13)8-6-4-2-3-5-7-9-14/h8-9H,2-7,10H2,1H3/b11-8+. The van der Waals surface area contributed by atoms with E-state index >= 15 is 0 Å². The summed E-state index contributed by atoms with van der Waals surface area (Å²) in [4.78, 5) is 21.3. The van der Waals surface area contributed by atoms with Crippen molar-refractivity contribution in [3.63, 3.8) is 0 Å². The van der Waals surface area contributed by atoms with Crippen LogP contribution in [-0.4, -0.2) is 24.7 Å². The van der Waals surface area contributed by atoms with Crippen LogP contribution >= 0.6 is 15.9 Å². The predicted molar refractivity (Wildman–Crippen MR) is 67.7 cm³/mol. The normalized spacial score (nSPS) is 11.2. The van der Waals surface area contributed by atoms with Gasteiger partial charge in [0.25, 0.3) is 0 Å². The minimum absolute atomic E-state index is 0.266. The van der Waals surface area contributed by atoms with Crippen LogP contribution in [0.3, 0.4) is 0 Å². The fraction of sp³-hybridized carbons (Fsp3) is 0.667. The second kappa shape index (κ2) is 10.9. The van der Waals surface area contributed by atoms with Crippen LogP contribution < -0.4 is 0 Å². The molecule has 0 aromatic rings. The Morgan fingerprint density at radius 3 is 2.31 bits per heavy atom. The number of hydrogen-bond acceptors (Lipinski definition) is 3. The Morgan fingerprint density at radius 1 is 1.19 bits per heavy atom. The van der Waals surface area contributed by atoms with E-state index in [2.05, 4.69) is 20.7 Å². The van der Waals surface area contributed by atoms with Crippen molar-refractivity contribution in [2.75, 3.05) is 12.4 Å². The zero-order valence-electron chi connectivity index (χ0n) is 9.71. The van der Waals surface area contributed by atoms with Crippen LogP contribution in [0.25, 0.3) is 0 Å². The number of ether oxygens (including phenoxy) is 1. The van der Waals surface area contributed by atoms with E-state index in [4.69, 9.17) is 0 Å². The molecule has 0 rings (SSSR count). The summed E-state index contributed by atoms with van der Waals surface area (Å²) in [6.45, 7) is 0. The Morgan fingerprint density at radius 2 is 1.81 bits per heavy atom. The van der Waals surface area contributed by atoms with Crippen molar-refractivity contribution in [2.24, 2.45) is 0 Å². The van der Waals surface area contributed by atoms with Crippen molar-refractivity contribution >= 4 is 28.2 Å². The molecule has 3 nitrogen and oxygen atoms in total. The largest absolute Gasteiger partial charge is 0.466 e. The highest BCUT2D eigenvalue weighted by Gasteiger charge is 2.06. The summed E-state index contributed by atoms with van der Waals surface area (Å²) >= 11 is 3.25. The number of alkyl halides is 1. The van der Waals surface area contributed by atoms with Gasteiger partial charge in [-0.05, 0) is 19.3 Å². The second-order valence-corrected chi connectivity index (χ2v) is 4.07. The smallest absolute Gasteiger partial charge is 0.334 e. The number of aldehydes is 1. The van der Waals surface area contributed by atoms with E-state index in [-0.39, 0.29) is 5.97 Å². The molecule has 0 unspecified atom stereocenters. The molecule has 4 heteroatoms. The molecule has 0 fully saturated rings. The topological polar surface area (TPSA) is 43.4 Å². The molecule has 0 aromatic carbocycles. The number of esters is 1. The first-order valence-corrected chi connectivity index (χ1v) is 6.65. The van der Waals surface area contributed by atoms with E-state index in [1.807, 2.05) is 6.08 Å². The number of unbranched alkanes of at least 4 members (excludes halogenated alkanes) is 5. The lowest BCUT2D eigenvalue weighted by molar-refractivity contribution is -0.136. The number of halogens is 1. The summed E-state index contributed by atoms with van der Waals surface area (Å²) in [6, 6.07) is 0. The SMILES string of the molecule is COC(=O)/C(=C/CCCCCCC=O)CBr. The molecule has 0 aromatic heterocycles. The number of rotatable bonds is 9. The van der Waals surface area contributed by atoms with E-state index in [1.165, 1.54) is 7.11 Å². The van der Waals surface area contributed by atoms with Gasteiger partial charge in [0.05, 0.1) is 7.11 Å². The van der Waals surface area contributed by atoms with Gasteiger partial charge in [-0.3, -0.25) is 0 Å². The number of hydrogen-bond donors (Lipinski definition) is 0. The van der Waals surface area contributed by atoms with E-state index in [0.717, 1.165) is 38.4 Å². The molecular weight excluding hydrogens is 272 g/mol. The predicted octanol–water partition coefficient (Wildman–Crippen LogP) is 3.02. The van der Waals surface area contributed by atoms with Crippen LogP contribution in [0, 0.1) is 0 Å². The number of allylic oxidation sites excluding steroid dienone is 1. The lowest BCUT2D eigenvalue weighted by Gasteiger charge is -2.01. The van der Waals surface area contributed by atoms with Crippen LogP contribution in [-0.2, 0) is 14.3 Å². The molecule has 0 amide bonds. The third kappa shape index (κ3) is 7.63. The number of methoxy groups -OCH3 is 1. The minimum atomic E-state index is -0.266. The monoisotopic (exact) mass is 290 g/mol. The second-order valence-electron chi connectivity index (χ2n) is 3.51. The Bertz CT molecular complexity index is 236. The fourth-order valence-electron chi connectivity index (χ4n) is 1.33. The lowest BCUT2D eigenvalue weighted by Crippen LogP contribution is -2.05. The molecule has 0 bridgehead atoms. The molecule has 16 heavy (non-hydrogen) atoms. The van der Waals surface area contributed by atoms with Gasteiger partial charge in [-0.2, -0.15) is 0 Å². The molecule has 0 aliphatic heterocycles. The summed E-state index contributed by atoms with van der Waals surface area (Å²) in [5.74, 6) is -0.266. The first-order chi connectivity index (χ1) is 7.76. The molecule has 0 N–H and O–H groups in total. The maximum absolute atomic E-state index is 11.2. The molecule has 0 atom stereocenters. The molecule has 0 spiro atoms. The molecule has 0 aliphatic rings. The first kappa shape index (κ1) is 15.4. The van der Waals surface area contributed by atoms with Crippen LogP contribution in [0.4, 0.5) is 0 Å². The van der Waals surface area contributed by atoms with Crippen molar-refractivity contribution in [3.8, 4) is 0 Å². The highest BCUT2D eigenvalue weighted by Crippen LogP contribution is 2.09. The van der Waals surface area contributed by atoms with Crippen LogP contribution in [0.15, 0.2) is 11.6 Å². The molecule has 0 radical (unpaired) electrons. The van der Waals surface area contributed by atoms with Gasteiger partial charge in [0.2, 0.25) is 0 Å². The molecule has 0 saturated carbocycles. The minimum Gasteiger partial charge on any atom is -0.466 e. The molecule has 0 saturated heterocycles. The Balaban J connectivity index is 3.63. The fourth-order valence-corrected chi connectivity index (χ4v) is 1.78. The summed E-state index contributed by atoms with van der Waals surface area (Å²) in [6.07, 6.45) is 8.61. The number of carbonyl (C=O) groups excluding carboxylic acids is 2. The van der Waals surface area contributed by atoms with Gasteiger partial charge in [-0.1, -0.05) is 34.8 Å². The van der Waals surface area contributed by atoms with Gasteiger partial charge in [-0.25, -0.2) is 4.79 Å². The van der Waals surface area contributed by atoms with Gasteiger partial charge in [0, 0.05) is 17.3 Å². The molecule has 0 aliphatic carbocycles. The average molecular weight is 291 g/mol. The Kier molecular flexibility index (Phi) is 10.4. The molecule has 92 valence electrons. The average Bonchev–Trinajstić information content (AvgIpc) is 2.32. The molecular formula is C12H19BrO3. The zero-order valence-corrected chi connectivity index (χ0v) is 11.3. The third-order valence-electron chi connectivity index (χ3n) is 2.26. The van der Waals surface area contributed by atoms with Gasteiger partial charge >= 0.3 is 5.97 Å². The van der Waals surface area contributed by atoms with E-state index in [0.29, 0.717) is 17.3 Å². The summed E-state index contributed by atoms with van der Waals surface area (Å²) in [7, 11) is 1.39. The van der Waals surface area contributed by atoms with E-state index in [9.17, 15) is 9.59 Å². The Labute approximate surface area is 105 Å². The van der Waals surface area contributed by atoms with Gasteiger partial charge < -0.3 is 9.53 Å². The summed E-state index contributed by atoms with van der Waals surface area (Å²) in [5.41, 5.74) is 0.676. The number of carbonyl (C=O) groups is 2. The van der Waals surface area contributed by atoms with E-state index in [1.54, 1.807) is 0 Å². The van der Waals surface area contributed by atoms with Crippen molar-refractivity contribution in [3.05, 3.63) is 11.6 Å².